The second-order valence-electron chi connectivity index (χ2n) is 8.13. The lowest BCUT2D eigenvalue weighted by atomic mass is 10.0. The summed E-state index contributed by atoms with van der Waals surface area (Å²) in [5.41, 5.74) is 11.6. The molecule has 0 radical (unpaired) electrons. The van der Waals surface area contributed by atoms with Crippen LogP contribution in [0.15, 0.2) is 30.3 Å². The highest BCUT2D eigenvalue weighted by Crippen LogP contribution is 2.13. The summed E-state index contributed by atoms with van der Waals surface area (Å²) in [6.45, 7) is 8.86. The highest BCUT2D eigenvalue weighted by atomic mass is 16.6. The van der Waals surface area contributed by atoms with Gasteiger partial charge in [-0.25, -0.2) is 4.79 Å². The van der Waals surface area contributed by atoms with Crippen molar-refractivity contribution in [2.75, 3.05) is 6.54 Å². The summed E-state index contributed by atoms with van der Waals surface area (Å²) in [5.74, 6) is -1.15. The third-order valence-electron chi connectivity index (χ3n) is 4.37. The topological polar surface area (TPSA) is 128 Å². The number of nitrogens with two attached hydrogens (primary N) is 2. The third-order valence-corrected chi connectivity index (χ3v) is 4.37. The average molecular weight is 407 g/mol. The molecule has 29 heavy (non-hydrogen) atoms. The quantitative estimate of drug-likeness (QED) is 0.573. The van der Waals surface area contributed by atoms with Crippen molar-refractivity contribution in [3.8, 4) is 0 Å². The fourth-order valence-corrected chi connectivity index (χ4v) is 2.60. The van der Waals surface area contributed by atoms with Crippen LogP contribution in [0.3, 0.4) is 0 Å². The summed E-state index contributed by atoms with van der Waals surface area (Å²) >= 11 is 0. The van der Waals surface area contributed by atoms with Gasteiger partial charge in [0.25, 0.3) is 0 Å². The van der Waals surface area contributed by atoms with Crippen LogP contribution in [0.5, 0.6) is 0 Å². The van der Waals surface area contributed by atoms with Crippen LogP contribution in [-0.4, -0.2) is 53.1 Å². The zero-order chi connectivity index (χ0) is 22.2. The van der Waals surface area contributed by atoms with Gasteiger partial charge in [-0.2, -0.15) is 0 Å². The lowest BCUT2D eigenvalue weighted by Crippen LogP contribution is -2.56. The van der Waals surface area contributed by atoms with E-state index in [9.17, 15) is 14.4 Å². The van der Waals surface area contributed by atoms with Gasteiger partial charge in [-0.15, -0.1) is 0 Å². The van der Waals surface area contributed by atoms with E-state index in [-0.39, 0.29) is 19.0 Å². The number of benzene rings is 1. The lowest BCUT2D eigenvalue weighted by Gasteiger charge is -2.33. The number of amides is 3. The number of nitrogens with zero attached hydrogens (tertiary/aromatic N) is 1. The molecule has 1 aromatic carbocycles. The molecule has 8 nitrogen and oxygen atoms in total. The van der Waals surface area contributed by atoms with Crippen LogP contribution in [0.2, 0.25) is 0 Å². The van der Waals surface area contributed by atoms with E-state index in [0.29, 0.717) is 6.42 Å². The first-order valence-electron chi connectivity index (χ1n) is 9.83. The van der Waals surface area contributed by atoms with E-state index < -0.39 is 35.6 Å². The summed E-state index contributed by atoms with van der Waals surface area (Å²) in [6.07, 6.45) is 0.254. The maximum Gasteiger partial charge on any atom is 0.411 e. The smallest absolute Gasteiger partial charge is 0.411 e. The second-order valence-corrected chi connectivity index (χ2v) is 8.13. The van der Waals surface area contributed by atoms with Crippen LogP contribution < -0.4 is 16.8 Å². The number of hydrogen-bond acceptors (Lipinski definition) is 5. The van der Waals surface area contributed by atoms with Crippen LogP contribution in [-0.2, 0) is 20.7 Å². The fraction of sp³-hybridized carbons (Fsp3) is 0.571. The van der Waals surface area contributed by atoms with E-state index in [4.69, 9.17) is 16.2 Å². The Kier molecular flexibility index (Phi) is 9.10. The van der Waals surface area contributed by atoms with Gasteiger partial charge in [0.05, 0.1) is 0 Å². The molecule has 0 fully saturated rings. The predicted molar refractivity (Wildman–Crippen MR) is 112 cm³/mol. The molecule has 0 aliphatic rings. The molecule has 0 saturated heterocycles. The largest absolute Gasteiger partial charge is 0.444 e. The number of carbonyl (C=O) groups excluding carboxylic acids is 3. The highest BCUT2D eigenvalue weighted by molar-refractivity contribution is 5.90. The van der Waals surface area contributed by atoms with E-state index in [1.165, 1.54) is 4.90 Å². The maximum absolute atomic E-state index is 12.8. The van der Waals surface area contributed by atoms with E-state index in [0.717, 1.165) is 5.56 Å². The molecule has 162 valence electrons. The number of rotatable bonds is 9. The summed E-state index contributed by atoms with van der Waals surface area (Å²) in [4.78, 5) is 38.6. The van der Waals surface area contributed by atoms with Gasteiger partial charge < -0.3 is 21.5 Å². The van der Waals surface area contributed by atoms with Crippen molar-refractivity contribution in [1.82, 2.24) is 10.2 Å². The Balaban J connectivity index is 2.94. The molecule has 0 unspecified atom stereocenters. The van der Waals surface area contributed by atoms with Crippen molar-refractivity contribution >= 4 is 17.9 Å². The molecular formula is C21H34N4O4. The monoisotopic (exact) mass is 406 g/mol. The molecule has 0 saturated carbocycles. The second kappa shape index (κ2) is 10.8. The van der Waals surface area contributed by atoms with Gasteiger partial charge in [0, 0.05) is 19.0 Å². The minimum Gasteiger partial charge on any atom is -0.444 e. The van der Waals surface area contributed by atoms with Crippen molar-refractivity contribution in [3.05, 3.63) is 35.9 Å². The Morgan fingerprint density at radius 3 is 2.24 bits per heavy atom. The van der Waals surface area contributed by atoms with Crippen molar-refractivity contribution in [2.24, 2.45) is 11.5 Å². The first-order chi connectivity index (χ1) is 13.4. The Labute approximate surface area is 172 Å². The van der Waals surface area contributed by atoms with Gasteiger partial charge in [0.1, 0.15) is 17.7 Å². The number of carbonyl (C=O) groups is 3. The molecule has 3 amide bonds. The number of ether oxygens (including phenoxy) is 1. The molecule has 1 aromatic rings. The maximum atomic E-state index is 12.8. The highest BCUT2D eigenvalue weighted by Gasteiger charge is 2.32. The van der Waals surface area contributed by atoms with Gasteiger partial charge in [0.2, 0.25) is 11.8 Å². The molecule has 8 heteroatoms. The van der Waals surface area contributed by atoms with E-state index in [2.05, 4.69) is 5.32 Å². The van der Waals surface area contributed by atoms with Gasteiger partial charge in [-0.05, 0) is 39.7 Å². The minimum absolute atomic E-state index is 0.153. The normalized spacial score (nSPS) is 14.4. The van der Waals surface area contributed by atoms with Crippen LogP contribution in [0.1, 0.15) is 46.6 Å². The van der Waals surface area contributed by atoms with Crippen LogP contribution in [0.4, 0.5) is 4.79 Å². The SMILES string of the molecule is CC[C@H](N)CN(C(=O)OC(C)(C)C)[C@@H](C)C(=O)N[C@@H](Cc1ccccc1)C(N)=O. The molecule has 0 heterocycles. The molecule has 0 aliphatic carbocycles. The minimum atomic E-state index is -0.896. The first kappa shape index (κ1) is 24.4. The summed E-state index contributed by atoms with van der Waals surface area (Å²) in [5, 5.41) is 2.65. The van der Waals surface area contributed by atoms with E-state index in [1.807, 2.05) is 37.3 Å². The molecule has 0 aliphatic heterocycles. The van der Waals surface area contributed by atoms with E-state index in [1.54, 1.807) is 27.7 Å². The molecule has 5 N–H and O–H groups in total. The van der Waals surface area contributed by atoms with Crippen molar-refractivity contribution in [3.63, 3.8) is 0 Å². The van der Waals surface area contributed by atoms with Crippen molar-refractivity contribution in [1.29, 1.82) is 0 Å². The number of hydrogen-bond donors (Lipinski definition) is 3. The summed E-state index contributed by atoms with van der Waals surface area (Å²) < 4.78 is 5.42. The zero-order valence-electron chi connectivity index (χ0n) is 18.0. The predicted octanol–water partition coefficient (Wildman–Crippen LogP) is 1.56. The fourth-order valence-electron chi connectivity index (χ4n) is 2.60. The van der Waals surface area contributed by atoms with Gasteiger partial charge in [0.15, 0.2) is 0 Å². The number of primary amides is 1. The molecule has 3 atom stereocenters. The Morgan fingerprint density at radius 1 is 1.17 bits per heavy atom. The molecule has 1 rings (SSSR count). The third kappa shape index (κ3) is 8.51. The molecule has 0 spiro atoms. The van der Waals surface area contributed by atoms with Crippen LogP contribution in [0, 0.1) is 0 Å². The molecule has 0 bridgehead atoms. The van der Waals surface area contributed by atoms with Crippen LogP contribution in [0.25, 0.3) is 0 Å². The zero-order valence-corrected chi connectivity index (χ0v) is 18.0. The first-order valence-corrected chi connectivity index (χ1v) is 9.83. The summed E-state index contributed by atoms with van der Waals surface area (Å²) in [6, 6.07) is 7.14. The van der Waals surface area contributed by atoms with E-state index >= 15 is 0 Å². The Morgan fingerprint density at radius 2 is 1.76 bits per heavy atom. The Bertz CT molecular complexity index is 688. The molecule has 0 aromatic heterocycles. The molecular weight excluding hydrogens is 372 g/mol. The standard InChI is InChI=1S/C21H34N4O4/c1-6-16(22)13-25(20(28)29-21(3,4)5)14(2)19(27)24-17(18(23)26)12-15-10-8-7-9-11-15/h7-11,14,16-17H,6,12-13,22H2,1-5H3,(H2,23,26)(H,24,27)/t14-,16-,17-/m0/s1. The summed E-state index contributed by atoms with van der Waals surface area (Å²) in [7, 11) is 0. The average Bonchev–Trinajstić information content (AvgIpc) is 2.63. The lowest BCUT2D eigenvalue weighted by molar-refractivity contribution is -0.130. The van der Waals surface area contributed by atoms with Gasteiger partial charge >= 0.3 is 6.09 Å². The van der Waals surface area contributed by atoms with Crippen molar-refractivity contribution < 1.29 is 19.1 Å². The number of nitrogens with one attached hydrogen (secondary N) is 1. The van der Waals surface area contributed by atoms with Crippen LogP contribution >= 0.6 is 0 Å². The van der Waals surface area contributed by atoms with Gasteiger partial charge in [-0.3, -0.25) is 14.5 Å². The van der Waals surface area contributed by atoms with Gasteiger partial charge in [-0.1, -0.05) is 37.3 Å². The van der Waals surface area contributed by atoms with Crippen molar-refractivity contribution in [2.45, 2.75) is 71.2 Å². The Hall–Kier alpha value is -2.61.